The predicted molar refractivity (Wildman–Crippen MR) is 66.8 cm³/mol. The molecule has 5 atom stereocenters. The third-order valence-corrected chi connectivity index (χ3v) is 3.59. The number of amides is 1. The maximum absolute atomic E-state index is 12.2. The van der Waals surface area contributed by atoms with Gasteiger partial charge in [-0.25, -0.2) is 0 Å². The number of carbonyl (C=O) groups excluding carboxylic acids is 1. The average Bonchev–Trinajstić information content (AvgIpc) is 2.54. The summed E-state index contributed by atoms with van der Waals surface area (Å²) >= 11 is 1.78. The Labute approximate surface area is 114 Å². The number of hydrogen-bond acceptors (Lipinski definition) is 4. The summed E-state index contributed by atoms with van der Waals surface area (Å²) in [5, 5.41) is 0. The van der Waals surface area contributed by atoms with E-state index in [9.17, 15) is 9.32 Å². The molecule has 5 nitrogen and oxygen atoms in total. The lowest BCUT2D eigenvalue weighted by atomic mass is 10.0. The minimum Gasteiger partial charge on any atom is -0.372 e. The highest BCUT2D eigenvalue weighted by Crippen LogP contribution is 2.39. The molecule has 0 aromatic rings. The molecule has 0 saturated carbocycles. The van der Waals surface area contributed by atoms with E-state index < -0.39 is 6.10 Å². The van der Waals surface area contributed by atoms with E-state index in [2.05, 4.69) is 17.6 Å². The van der Waals surface area contributed by atoms with Crippen LogP contribution in [0.25, 0.3) is 0 Å². The second-order valence-electron chi connectivity index (χ2n) is 4.45. The summed E-state index contributed by atoms with van der Waals surface area (Å²) in [6, 6.07) is 0. The van der Waals surface area contributed by atoms with Gasteiger partial charge < -0.3 is 13.5 Å². The molecular weight excluding hydrogens is 344 g/mol. The fraction of sp³-hybridized carbons (Fsp3) is 0.900. The highest BCUT2D eigenvalue weighted by Gasteiger charge is 2.48. The van der Waals surface area contributed by atoms with Gasteiger partial charge in [0.05, 0.1) is 12.2 Å². The zero-order valence-electron chi connectivity index (χ0n) is 9.77. The number of halogens is 2. The first-order chi connectivity index (χ1) is 7.99. The molecule has 1 amide bonds. The van der Waals surface area contributed by atoms with Gasteiger partial charge in [0, 0.05) is 13.3 Å². The van der Waals surface area contributed by atoms with Gasteiger partial charge in [-0.1, -0.05) is 6.92 Å². The number of primary amides is 1. The summed E-state index contributed by atoms with van der Waals surface area (Å²) in [5.74, 6) is 0.152. The fourth-order valence-corrected chi connectivity index (χ4v) is 2.89. The van der Waals surface area contributed by atoms with E-state index in [0.29, 0.717) is 12.3 Å². The molecule has 2 saturated heterocycles. The number of fused-ring (bicyclic) bond motifs is 2. The normalized spacial score (nSPS) is 39.4. The first-order valence-electron chi connectivity index (χ1n) is 5.45. The molecule has 2 aliphatic rings. The lowest BCUT2D eigenvalue weighted by Gasteiger charge is -2.32. The van der Waals surface area contributed by atoms with Crippen molar-refractivity contribution in [3.63, 3.8) is 0 Å². The van der Waals surface area contributed by atoms with Crippen LogP contribution in [0.3, 0.4) is 0 Å². The highest BCUT2D eigenvalue weighted by molar-refractivity contribution is 14.1. The van der Waals surface area contributed by atoms with Crippen molar-refractivity contribution in [3.05, 3.63) is 0 Å². The van der Waals surface area contributed by atoms with Crippen molar-refractivity contribution < 1.29 is 22.1 Å². The molecule has 2 heterocycles. The molecule has 0 aromatic carbocycles. The van der Waals surface area contributed by atoms with Crippen molar-refractivity contribution in [2.75, 3.05) is 0 Å². The molecule has 7 heteroatoms. The maximum Gasteiger partial charge on any atom is 0.214 e. The Kier molecular flexibility index (Phi) is 6.04. The van der Waals surface area contributed by atoms with Gasteiger partial charge in [-0.3, -0.25) is 4.79 Å². The number of hydrogen-bond donors (Lipinski definition) is 1. The van der Waals surface area contributed by atoms with Crippen molar-refractivity contribution in [2.45, 2.75) is 51.1 Å². The van der Waals surface area contributed by atoms with Gasteiger partial charge in [0.1, 0.15) is 35.2 Å². The summed E-state index contributed by atoms with van der Waals surface area (Å²) < 4.78 is 23.0. The van der Waals surface area contributed by atoms with E-state index in [0.717, 1.165) is 6.42 Å². The van der Waals surface area contributed by atoms with Gasteiger partial charge in [0.25, 0.3) is 0 Å². The molecule has 2 aliphatic heterocycles. The van der Waals surface area contributed by atoms with Gasteiger partial charge in [0.2, 0.25) is 5.91 Å². The van der Waals surface area contributed by atoms with Gasteiger partial charge in [-0.05, 0) is 16.9 Å². The first-order valence-corrected chi connectivity index (χ1v) is 6.34. The smallest absolute Gasteiger partial charge is 0.214 e. The minimum absolute atomic E-state index is 0.00593. The molecule has 100 valence electrons. The van der Waals surface area contributed by atoms with Gasteiger partial charge in [-0.15, -0.1) is 0 Å². The molecule has 2 N–H and O–H groups in total. The molecule has 0 aromatic heterocycles. The van der Waals surface area contributed by atoms with Crippen molar-refractivity contribution in [3.8, 4) is 0 Å². The van der Waals surface area contributed by atoms with E-state index in [4.69, 9.17) is 7.80 Å². The zero-order valence-corrected chi connectivity index (χ0v) is 11.9. The lowest BCUT2D eigenvalue weighted by Crippen LogP contribution is -2.44. The van der Waals surface area contributed by atoms with Crippen LogP contribution in [0.5, 0.6) is 0 Å². The van der Waals surface area contributed by atoms with E-state index in [1.165, 1.54) is 6.92 Å². The highest BCUT2D eigenvalue weighted by atomic mass is 127. The van der Waals surface area contributed by atoms with E-state index in [1.54, 1.807) is 23.0 Å². The van der Waals surface area contributed by atoms with Crippen molar-refractivity contribution in [2.24, 2.45) is 11.7 Å². The van der Waals surface area contributed by atoms with Crippen LogP contribution in [-0.4, -0.2) is 30.3 Å². The molecule has 0 radical (unpaired) electrons. The van der Waals surface area contributed by atoms with E-state index >= 15 is 0 Å². The Morgan fingerprint density at radius 3 is 2.53 bits per heavy atom. The lowest BCUT2D eigenvalue weighted by molar-refractivity contribution is -0.241. The minimum atomic E-state index is -0.453. The quantitative estimate of drug-likeness (QED) is 0.760. The van der Waals surface area contributed by atoms with Crippen LogP contribution in [0.4, 0.5) is 4.53 Å². The van der Waals surface area contributed by atoms with Crippen molar-refractivity contribution >= 4 is 28.9 Å². The summed E-state index contributed by atoms with van der Waals surface area (Å²) in [4.78, 5) is 13.1. The summed E-state index contributed by atoms with van der Waals surface area (Å²) in [7, 11) is 0. The molecule has 2 bridgehead atoms. The van der Waals surface area contributed by atoms with Crippen LogP contribution in [0, 0.1) is 5.92 Å². The monoisotopic (exact) mass is 361 g/mol. The summed E-state index contributed by atoms with van der Waals surface area (Å²) in [6.07, 6.45) is 0.984. The topological polar surface area (TPSA) is 70.8 Å². The SMILES string of the molecule is CC(N)=O.CC1C[C@H]2OC1C[C@@H](OF)[C@@H]2OI. The molecule has 2 rings (SSSR count). The molecular formula is C10H17FINO4. The van der Waals surface area contributed by atoms with Crippen LogP contribution in [0.2, 0.25) is 0 Å². The Hall–Kier alpha value is 0.01000. The molecule has 17 heavy (non-hydrogen) atoms. The standard InChI is InChI=1S/C8H12FIO3.C2H5NO/c1-4-2-6-8(13-10)7(12-9)3-5(4)11-6;1-2(3)4/h4-8H,2-3H2,1H3;1H3,(H2,3,4)/t4?,5?,6-,7-,8-;/m1./s1. The predicted octanol–water partition coefficient (Wildman–Crippen LogP) is 1.68. The number of carbonyl (C=O) groups is 1. The third kappa shape index (κ3) is 4.01. The van der Waals surface area contributed by atoms with Gasteiger partial charge in [0.15, 0.2) is 0 Å². The number of ether oxygens (including phenoxy) is 1. The molecule has 2 fully saturated rings. The Morgan fingerprint density at radius 1 is 1.47 bits per heavy atom. The fourth-order valence-electron chi connectivity index (χ4n) is 2.24. The molecule has 0 aliphatic carbocycles. The maximum atomic E-state index is 12.2. The second kappa shape index (κ2) is 6.81. The van der Waals surface area contributed by atoms with Crippen LogP contribution in [0.15, 0.2) is 0 Å². The van der Waals surface area contributed by atoms with Crippen LogP contribution >= 0.6 is 23.0 Å². The molecule has 2 unspecified atom stereocenters. The van der Waals surface area contributed by atoms with Gasteiger partial charge in [-0.2, -0.15) is 4.94 Å². The van der Waals surface area contributed by atoms with Crippen molar-refractivity contribution in [1.82, 2.24) is 0 Å². The Balaban J connectivity index is 0.000000317. The molecule has 0 spiro atoms. The Morgan fingerprint density at radius 2 is 2.06 bits per heavy atom. The van der Waals surface area contributed by atoms with Crippen molar-refractivity contribution in [1.29, 1.82) is 0 Å². The Bertz CT molecular complexity index is 261. The van der Waals surface area contributed by atoms with E-state index in [-0.39, 0.29) is 24.2 Å². The summed E-state index contributed by atoms with van der Waals surface area (Å²) in [5.41, 5.74) is 4.47. The summed E-state index contributed by atoms with van der Waals surface area (Å²) in [6.45, 7) is 3.43. The van der Waals surface area contributed by atoms with Crippen LogP contribution in [0.1, 0.15) is 26.7 Å². The number of rotatable bonds is 2. The average molecular weight is 361 g/mol. The first kappa shape index (κ1) is 15.1. The number of nitrogens with two attached hydrogens (primary N) is 1. The zero-order chi connectivity index (χ0) is 13.0. The third-order valence-electron chi connectivity index (χ3n) is 3.00. The van der Waals surface area contributed by atoms with Gasteiger partial charge >= 0.3 is 0 Å². The van der Waals surface area contributed by atoms with Crippen LogP contribution in [-0.2, 0) is 17.5 Å². The van der Waals surface area contributed by atoms with E-state index in [1.807, 2.05) is 0 Å². The van der Waals surface area contributed by atoms with Crippen LogP contribution < -0.4 is 5.73 Å². The second-order valence-corrected chi connectivity index (χ2v) is 4.96. The largest absolute Gasteiger partial charge is 0.372 e.